The first-order valence-corrected chi connectivity index (χ1v) is 15.7. The number of nitrogens with one attached hydrogen (secondary N) is 3. The van der Waals surface area contributed by atoms with E-state index in [0.29, 0.717) is 32.1 Å². The van der Waals surface area contributed by atoms with Crippen molar-refractivity contribution in [3.05, 3.63) is 29.8 Å². The van der Waals surface area contributed by atoms with Crippen LogP contribution < -0.4 is 15.4 Å². The summed E-state index contributed by atoms with van der Waals surface area (Å²) in [5, 5.41) is 5.22. The van der Waals surface area contributed by atoms with Crippen molar-refractivity contribution >= 4 is 33.4 Å². The van der Waals surface area contributed by atoms with Crippen LogP contribution in [0.25, 0.3) is 0 Å². The first-order valence-electron chi connectivity index (χ1n) is 14.2. The number of hydrogen-bond acceptors (Lipinski definition) is 6. The Morgan fingerprint density at radius 2 is 1.73 bits per heavy atom. The fourth-order valence-corrected chi connectivity index (χ4v) is 7.24. The highest BCUT2D eigenvalue weighted by Crippen LogP contribution is 2.57. The van der Waals surface area contributed by atoms with Crippen molar-refractivity contribution in [3.63, 3.8) is 0 Å². The Hall–Kier alpha value is -2.83. The smallest absolute Gasteiger partial charge is 0.373 e. The minimum Gasteiger partial charge on any atom is -0.373 e. The number of alkyl halides is 3. The molecule has 9 nitrogen and oxygen atoms in total. The Kier molecular flexibility index (Phi) is 7.35. The third kappa shape index (κ3) is 6.19. The van der Waals surface area contributed by atoms with Gasteiger partial charge in [-0.15, -0.1) is 0 Å². The molecule has 4 atom stereocenters. The Labute approximate surface area is 238 Å². The van der Waals surface area contributed by atoms with E-state index in [0.717, 1.165) is 25.0 Å². The maximum Gasteiger partial charge on any atom is 0.416 e. The number of carbonyl (C=O) groups excluding carboxylic acids is 3. The summed E-state index contributed by atoms with van der Waals surface area (Å²) in [6.45, 7) is 5.62. The van der Waals surface area contributed by atoms with Gasteiger partial charge in [-0.05, 0) is 80.4 Å². The van der Waals surface area contributed by atoms with Crippen LogP contribution in [0.5, 0.6) is 0 Å². The molecule has 3 N–H and O–H groups in total. The van der Waals surface area contributed by atoms with Crippen molar-refractivity contribution in [3.8, 4) is 0 Å². The first kappa shape index (κ1) is 29.7. The molecule has 0 aromatic heterocycles. The molecule has 4 fully saturated rings. The predicted molar refractivity (Wildman–Crippen MR) is 145 cm³/mol. The summed E-state index contributed by atoms with van der Waals surface area (Å²) in [7, 11) is -3.80. The van der Waals surface area contributed by atoms with E-state index in [1.165, 1.54) is 17.0 Å². The van der Waals surface area contributed by atoms with Crippen LogP contribution in [0.1, 0.15) is 71.3 Å². The van der Waals surface area contributed by atoms with Crippen molar-refractivity contribution in [2.24, 2.45) is 17.3 Å². The lowest BCUT2D eigenvalue weighted by molar-refractivity contribution is -0.141. The van der Waals surface area contributed by atoms with Crippen LogP contribution in [-0.4, -0.2) is 60.5 Å². The fourth-order valence-electron chi connectivity index (χ4n) is 5.87. The number of sulfonamides is 1. The molecule has 0 bridgehead atoms. The SMILES string of the molecule is CC(C)(C)C(Nc1cccc(C(F)(F)F)c1)C(=O)N1CCCC1C(=O)NC1(C(=O)NS(=O)(=O)C2CC2)CC1C1CC1. The normalized spacial score (nSPS) is 27.2. The van der Waals surface area contributed by atoms with Crippen LogP contribution in [0.2, 0.25) is 0 Å². The standard InChI is InChI=1S/C28H37F3N4O5S/c1-26(2,3)22(32-18-7-4-6-17(14-18)28(29,30)31)24(37)35-13-5-8-21(35)23(36)33-27(15-20(27)16-9-10-16)25(38)34-41(39,40)19-11-12-19/h4,6-7,14,16,19-22,32H,5,8-13,15H2,1-3H3,(H,33,36)(H,34,38). The number of anilines is 1. The second-order valence-electron chi connectivity index (χ2n) is 13.0. The van der Waals surface area contributed by atoms with Crippen LogP contribution in [-0.2, 0) is 30.6 Å². The van der Waals surface area contributed by atoms with Gasteiger partial charge in [0.05, 0.1) is 10.8 Å². The molecule has 4 aliphatic rings. The minimum absolute atomic E-state index is 0.131. The Morgan fingerprint density at radius 1 is 1.05 bits per heavy atom. The Balaban J connectivity index is 1.32. The molecule has 41 heavy (non-hydrogen) atoms. The van der Waals surface area contributed by atoms with Gasteiger partial charge in [0.1, 0.15) is 17.6 Å². The highest BCUT2D eigenvalue weighted by molar-refractivity contribution is 7.91. The molecule has 0 spiro atoms. The Morgan fingerprint density at radius 3 is 2.32 bits per heavy atom. The summed E-state index contributed by atoms with van der Waals surface area (Å²) in [6.07, 6.45) is -0.500. The summed E-state index contributed by atoms with van der Waals surface area (Å²) in [5.74, 6) is -1.59. The van der Waals surface area contributed by atoms with Crippen LogP contribution >= 0.6 is 0 Å². The van der Waals surface area contributed by atoms with Gasteiger partial charge in [0.25, 0.3) is 5.91 Å². The van der Waals surface area contributed by atoms with Gasteiger partial charge in [0.15, 0.2) is 0 Å². The quantitative estimate of drug-likeness (QED) is 0.400. The Bertz CT molecular complexity index is 1340. The van der Waals surface area contributed by atoms with E-state index in [2.05, 4.69) is 15.4 Å². The summed E-state index contributed by atoms with van der Waals surface area (Å²) in [5.41, 5.74) is -2.76. The van der Waals surface area contributed by atoms with Gasteiger partial charge in [0, 0.05) is 12.2 Å². The zero-order valence-electron chi connectivity index (χ0n) is 23.4. The lowest BCUT2D eigenvalue weighted by atomic mass is 9.85. The average molecular weight is 599 g/mol. The van der Waals surface area contributed by atoms with E-state index >= 15 is 0 Å². The molecule has 1 aliphatic heterocycles. The topological polar surface area (TPSA) is 125 Å². The third-order valence-corrected chi connectivity index (χ3v) is 10.4. The van der Waals surface area contributed by atoms with Gasteiger partial charge in [-0.2, -0.15) is 13.2 Å². The van der Waals surface area contributed by atoms with Crippen LogP contribution in [0.15, 0.2) is 24.3 Å². The number of likely N-dealkylation sites (tertiary alicyclic amines) is 1. The predicted octanol–water partition coefficient (Wildman–Crippen LogP) is 3.42. The number of hydrogen-bond donors (Lipinski definition) is 3. The van der Waals surface area contributed by atoms with Gasteiger partial charge < -0.3 is 15.5 Å². The highest BCUT2D eigenvalue weighted by Gasteiger charge is 2.66. The maximum atomic E-state index is 13.9. The van der Waals surface area contributed by atoms with Gasteiger partial charge >= 0.3 is 6.18 Å². The van der Waals surface area contributed by atoms with E-state index in [1.807, 2.05) is 0 Å². The summed E-state index contributed by atoms with van der Waals surface area (Å²) in [4.78, 5) is 42.2. The number of rotatable bonds is 9. The fraction of sp³-hybridized carbons (Fsp3) is 0.679. The molecule has 1 saturated heterocycles. The number of nitrogens with zero attached hydrogens (tertiary/aromatic N) is 1. The first-order chi connectivity index (χ1) is 19.0. The average Bonchev–Trinajstić information content (AvgIpc) is 3.74. The molecule has 3 saturated carbocycles. The van der Waals surface area contributed by atoms with E-state index < -0.39 is 67.8 Å². The van der Waals surface area contributed by atoms with E-state index in [4.69, 9.17) is 0 Å². The molecule has 13 heteroatoms. The highest BCUT2D eigenvalue weighted by atomic mass is 32.2. The molecule has 226 valence electrons. The van der Waals surface area contributed by atoms with Gasteiger partial charge in [-0.1, -0.05) is 26.8 Å². The molecule has 1 aromatic carbocycles. The summed E-state index contributed by atoms with van der Waals surface area (Å²) < 4.78 is 67.0. The van der Waals surface area contributed by atoms with Crippen molar-refractivity contribution < 1.29 is 36.0 Å². The number of amides is 3. The van der Waals surface area contributed by atoms with E-state index in [-0.39, 0.29) is 24.1 Å². The van der Waals surface area contributed by atoms with Gasteiger partial charge in [-0.25, -0.2) is 8.42 Å². The lowest BCUT2D eigenvalue weighted by Gasteiger charge is -2.36. The molecular weight excluding hydrogens is 561 g/mol. The lowest BCUT2D eigenvalue weighted by Crippen LogP contribution is -2.58. The van der Waals surface area contributed by atoms with Gasteiger partial charge in [0.2, 0.25) is 21.8 Å². The van der Waals surface area contributed by atoms with Gasteiger partial charge in [-0.3, -0.25) is 19.1 Å². The molecule has 4 unspecified atom stereocenters. The largest absolute Gasteiger partial charge is 0.416 e. The third-order valence-electron chi connectivity index (χ3n) is 8.61. The molecule has 1 heterocycles. The van der Waals surface area contributed by atoms with Crippen LogP contribution in [0.4, 0.5) is 18.9 Å². The molecular formula is C28H37F3N4O5S. The number of benzene rings is 1. The number of halogens is 3. The monoisotopic (exact) mass is 598 g/mol. The van der Waals surface area contributed by atoms with Crippen molar-refractivity contribution in [2.75, 3.05) is 11.9 Å². The molecule has 0 radical (unpaired) electrons. The molecule has 3 aliphatic carbocycles. The van der Waals surface area contributed by atoms with E-state index in [9.17, 15) is 36.0 Å². The van der Waals surface area contributed by atoms with Crippen molar-refractivity contribution in [1.82, 2.24) is 14.9 Å². The van der Waals surface area contributed by atoms with Crippen molar-refractivity contribution in [1.29, 1.82) is 0 Å². The van der Waals surface area contributed by atoms with Crippen LogP contribution in [0, 0.1) is 17.3 Å². The van der Waals surface area contributed by atoms with E-state index in [1.54, 1.807) is 20.8 Å². The van der Waals surface area contributed by atoms with Crippen LogP contribution in [0.3, 0.4) is 0 Å². The number of carbonyl (C=O) groups is 3. The molecule has 1 aromatic rings. The molecule has 3 amide bonds. The zero-order chi connectivity index (χ0) is 30.0. The second kappa shape index (κ2) is 10.2. The minimum atomic E-state index is -4.54. The summed E-state index contributed by atoms with van der Waals surface area (Å²) in [6, 6.07) is 2.79. The zero-order valence-corrected chi connectivity index (χ0v) is 24.2. The maximum absolute atomic E-state index is 13.9. The molecule has 5 rings (SSSR count). The second-order valence-corrected chi connectivity index (χ2v) is 15.0. The summed E-state index contributed by atoms with van der Waals surface area (Å²) >= 11 is 0. The van der Waals surface area contributed by atoms with Crippen molar-refractivity contribution in [2.45, 2.75) is 94.8 Å².